The molecule has 3 rings (SSSR count). The molecule has 0 saturated carbocycles. The van der Waals surface area contributed by atoms with Crippen LogP contribution >= 0.6 is 0 Å². The summed E-state index contributed by atoms with van der Waals surface area (Å²) >= 11 is 0. The maximum Gasteiger partial charge on any atom is 0.271 e. The molecule has 3 aromatic carbocycles. The quantitative estimate of drug-likeness (QED) is 0.198. The summed E-state index contributed by atoms with van der Waals surface area (Å²) in [6.07, 6.45) is 1.04. The Morgan fingerprint density at radius 2 is 1.64 bits per heavy atom. The Labute approximate surface area is 257 Å². The van der Waals surface area contributed by atoms with Gasteiger partial charge in [-0.25, -0.2) is 8.42 Å². The van der Waals surface area contributed by atoms with Crippen LogP contribution in [0.25, 0.3) is 0 Å². The van der Waals surface area contributed by atoms with E-state index in [0.717, 1.165) is 22.2 Å². The van der Waals surface area contributed by atoms with Gasteiger partial charge in [0, 0.05) is 31.6 Å². The Balaban J connectivity index is 2.13. The third-order valence-corrected chi connectivity index (χ3v) is 7.89. The number of sulfonamides is 1. The van der Waals surface area contributed by atoms with E-state index in [9.17, 15) is 28.1 Å². The lowest BCUT2D eigenvalue weighted by molar-refractivity contribution is -0.384. The number of carbonyl (C=O) groups is 2. The van der Waals surface area contributed by atoms with Crippen molar-refractivity contribution in [1.82, 2.24) is 10.2 Å². The summed E-state index contributed by atoms with van der Waals surface area (Å²) in [5.41, 5.74) is 0.875. The number of ether oxygens (including phenoxy) is 2. The number of non-ortho nitro benzene ring substituents is 1. The van der Waals surface area contributed by atoms with Gasteiger partial charge in [0.15, 0.2) is 0 Å². The molecule has 1 unspecified atom stereocenters. The zero-order valence-corrected chi connectivity index (χ0v) is 26.2. The monoisotopic (exact) mass is 626 g/mol. The first-order valence-electron chi connectivity index (χ1n) is 13.9. The lowest BCUT2D eigenvalue weighted by Gasteiger charge is -2.34. The number of carbonyl (C=O) groups excluding carboxylic acids is 2. The van der Waals surface area contributed by atoms with Crippen molar-refractivity contribution < 1.29 is 32.4 Å². The number of anilines is 1. The molecule has 0 aliphatic heterocycles. The fourth-order valence-electron chi connectivity index (χ4n) is 4.53. The number of nitrogens with zero attached hydrogens (tertiary/aromatic N) is 3. The average Bonchev–Trinajstić information content (AvgIpc) is 2.99. The van der Waals surface area contributed by atoms with E-state index in [1.54, 1.807) is 24.3 Å². The van der Waals surface area contributed by atoms with E-state index in [4.69, 9.17) is 9.47 Å². The van der Waals surface area contributed by atoms with Crippen molar-refractivity contribution in [3.63, 3.8) is 0 Å². The largest absolute Gasteiger partial charge is 0.497 e. The molecule has 2 amide bonds. The van der Waals surface area contributed by atoms with Crippen molar-refractivity contribution in [1.29, 1.82) is 0 Å². The number of benzene rings is 3. The molecule has 0 bridgehead atoms. The lowest BCUT2D eigenvalue weighted by Crippen LogP contribution is -2.53. The van der Waals surface area contributed by atoms with Crippen molar-refractivity contribution in [2.75, 3.05) is 37.9 Å². The summed E-state index contributed by atoms with van der Waals surface area (Å²) in [5, 5.41) is 14.4. The van der Waals surface area contributed by atoms with Gasteiger partial charge < -0.3 is 19.7 Å². The Kier molecular flexibility index (Phi) is 11.7. The Morgan fingerprint density at radius 3 is 2.23 bits per heavy atom. The zero-order chi connectivity index (χ0) is 32.4. The predicted octanol–water partition coefficient (Wildman–Crippen LogP) is 3.79. The highest BCUT2D eigenvalue weighted by Crippen LogP contribution is 2.34. The maximum absolute atomic E-state index is 14.3. The summed E-state index contributed by atoms with van der Waals surface area (Å²) in [4.78, 5) is 40.2. The van der Waals surface area contributed by atoms with Crippen LogP contribution in [0, 0.1) is 16.0 Å². The summed E-state index contributed by atoms with van der Waals surface area (Å²) in [5.74, 6) is -0.410. The van der Waals surface area contributed by atoms with E-state index < -0.39 is 39.3 Å². The van der Waals surface area contributed by atoms with Gasteiger partial charge in [-0.1, -0.05) is 56.3 Å². The van der Waals surface area contributed by atoms with Crippen LogP contribution in [-0.2, 0) is 32.6 Å². The second kappa shape index (κ2) is 15.2. The highest BCUT2D eigenvalue weighted by Gasteiger charge is 2.34. The standard InChI is InChI=1S/C31H38N4O8S/c1-22(2)19-32-31(37)28(17-23-10-7-6-8-11-23)33(20-24-12-9-13-26(16-24)42-3)30(36)21-34(44(5,40)41)27-18-25(35(38)39)14-15-29(27)43-4/h6-16,18,22,28H,17,19-21H2,1-5H3,(H,32,37). The molecule has 0 radical (unpaired) electrons. The topological polar surface area (TPSA) is 148 Å². The fourth-order valence-corrected chi connectivity index (χ4v) is 5.37. The van der Waals surface area contributed by atoms with Gasteiger partial charge in [0.2, 0.25) is 21.8 Å². The molecule has 13 heteroatoms. The van der Waals surface area contributed by atoms with Gasteiger partial charge in [-0.3, -0.25) is 24.0 Å². The van der Waals surface area contributed by atoms with E-state index in [0.29, 0.717) is 17.9 Å². The van der Waals surface area contributed by atoms with Gasteiger partial charge in [0.25, 0.3) is 5.69 Å². The Hall–Kier alpha value is -4.65. The molecule has 236 valence electrons. The molecule has 0 aliphatic rings. The van der Waals surface area contributed by atoms with Crippen molar-refractivity contribution in [3.8, 4) is 11.5 Å². The maximum atomic E-state index is 14.3. The molecule has 1 atom stereocenters. The van der Waals surface area contributed by atoms with Crippen molar-refractivity contribution in [3.05, 3.63) is 94.0 Å². The first kappa shape index (κ1) is 33.8. The van der Waals surface area contributed by atoms with Crippen LogP contribution in [0.15, 0.2) is 72.8 Å². The van der Waals surface area contributed by atoms with E-state index in [2.05, 4.69) is 5.32 Å². The second-order valence-electron chi connectivity index (χ2n) is 10.6. The van der Waals surface area contributed by atoms with Gasteiger partial charge in [-0.2, -0.15) is 0 Å². The normalized spacial score (nSPS) is 11.9. The number of hydrogen-bond acceptors (Lipinski definition) is 8. The third-order valence-electron chi connectivity index (χ3n) is 6.76. The minimum absolute atomic E-state index is 0.0173. The van der Waals surface area contributed by atoms with E-state index >= 15 is 0 Å². The van der Waals surface area contributed by atoms with Gasteiger partial charge in [-0.15, -0.1) is 0 Å². The molecule has 3 aromatic rings. The number of nitro groups is 1. The molecule has 0 heterocycles. The molecule has 0 fully saturated rings. The van der Waals surface area contributed by atoms with E-state index in [-0.39, 0.29) is 36.0 Å². The SMILES string of the molecule is COc1cccc(CN(C(=O)CN(c2cc([N+](=O)[O-])ccc2OC)S(C)(=O)=O)C(Cc2ccccc2)C(=O)NCC(C)C)c1. The highest BCUT2D eigenvalue weighted by atomic mass is 32.2. The van der Waals surface area contributed by atoms with Gasteiger partial charge in [0.1, 0.15) is 29.8 Å². The lowest BCUT2D eigenvalue weighted by atomic mass is 10.0. The molecule has 44 heavy (non-hydrogen) atoms. The number of hydrogen-bond donors (Lipinski definition) is 1. The van der Waals surface area contributed by atoms with Crippen LogP contribution in [0.5, 0.6) is 11.5 Å². The number of methoxy groups -OCH3 is 2. The first-order valence-corrected chi connectivity index (χ1v) is 15.7. The predicted molar refractivity (Wildman–Crippen MR) is 167 cm³/mol. The molecule has 0 aliphatic carbocycles. The highest BCUT2D eigenvalue weighted by molar-refractivity contribution is 7.92. The smallest absolute Gasteiger partial charge is 0.271 e. The van der Waals surface area contributed by atoms with Crippen molar-refractivity contribution in [2.45, 2.75) is 32.9 Å². The molecular weight excluding hydrogens is 588 g/mol. The number of amides is 2. The van der Waals surface area contributed by atoms with Gasteiger partial charge in [-0.05, 0) is 35.2 Å². The van der Waals surface area contributed by atoms with Crippen LogP contribution in [0.1, 0.15) is 25.0 Å². The second-order valence-corrected chi connectivity index (χ2v) is 12.5. The summed E-state index contributed by atoms with van der Waals surface area (Å²) in [6, 6.07) is 18.6. The molecular formula is C31H38N4O8S. The van der Waals surface area contributed by atoms with E-state index in [1.807, 2.05) is 44.2 Å². The molecule has 1 N–H and O–H groups in total. The van der Waals surface area contributed by atoms with Crippen molar-refractivity contribution in [2.24, 2.45) is 5.92 Å². The van der Waals surface area contributed by atoms with Crippen LogP contribution in [0.4, 0.5) is 11.4 Å². The number of nitro benzene ring substituents is 1. The summed E-state index contributed by atoms with van der Waals surface area (Å²) < 4.78 is 37.6. The van der Waals surface area contributed by atoms with Crippen LogP contribution in [0.3, 0.4) is 0 Å². The summed E-state index contributed by atoms with van der Waals surface area (Å²) in [6.45, 7) is 3.46. The van der Waals surface area contributed by atoms with Gasteiger partial charge >= 0.3 is 0 Å². The first-order chi connectivity index (χ1) is 20.8. The van der Waals surface area contributed by atoms with Crippen LogP contribution < -0.4 is 19.1 Å². The van der Waals surface area contributed by atoms with Crippen LogP contribution in [-0.4, -0.2) is 69.7 Å². The molecule has 0 aromatic heterocycles. The van der Waals surface area contributed by atoms with Gasteiger partial charge in [0.05, 0.1) is 25.4 Å². The Bertz CT molecular complexity index is 1560. The van der Waals surface area contributed by atoms with Crippen molar-refractivity contribution >= 4 is 33.2 Å². The Morgan fingerprint density at radius 1 is 0.955 bits per heavy atom. The minimum Gasteiger partial charge on any atom is -0.497 e. The minimum atomic E-state index is -4.17. The average molecular weight is 627 g/mol. The number of rotatable bonds is 15. The van der Waals surface area contributed by atoms with E-state index in [1.165, 1.54) is 31.3 Å². The fraction of sp³-hybridized carbons (Fsp3) is 0.355. The third kappa shape index (κ3) is 9.17. The van der Waals surface area contributed by atoms with Crippen LogP contribution in [0.2, 0.25) is 0 Å². The summed E-state index contributed by atoms with van der Waals surface area (Å²) in [7, 11) is -1.37. The molecule has 0 saturated heterocycles. The molecule has 0 spiro atoms. The zero-order valence-electron chi connectivity index (χ0n) is 25.4. The molecule has 12 nitrogen and oxygen atoms in total. The number of nitrogens with one attached hydrogen (secondary N) is 1.